The maximum atomic E-state index is 12.9. The topological polar surface area (TPSA) is 101 Å². The van der Waals surface area contributed by atoms with Gasteiger partial charge in [-0.05, 0) is 36.8 Å². The third-order valence-electron chi connectivity index (χ3n) is 4.44. The van der Waals surface area contributed by atoms with Crippen LogP contribution in [0, 0.1) is 0 Å². The quantitative estimate of drug-likeness (QED) is 0.583. The number of rotatable bonds is 5. The van der Waals surface area contributed by atoms with Crippen LogP contribution in [0.1, 0.15) is 16.8 Å². The molecule has 1 aliphatic heterocycles. The number of ether oxygens (including phenoxy) is 1. The Morgan fingerprint density at radius 3 is 2.68 bits per heavy atom. The van der Waals surface area contributed by atoms with E-state index in [0.717, 1.165) is 0 Å². The smallest absolute Gasteiger partial charge is 0.257 e. The van der Waals surface area contributed by atoms with Gasteiger partial charge in [-0.2, -0.15) is 0 Å². The van der Waals surface area contributed by atoms with Crippen LogP contribution in [0.3, 0.4) is 0 Å². The summed E-state index contributed by atoms with van der Waals surface area (Å²) in [4.78, 5) is 20.9. The molecule has 0 unspecified atom stereocenters. The number of nitrogens with zero attached hydrogens (tertiary/aromatic N) is 3. The van der Waals surface area contributed by atoms with Gasteiger partial charge in [-0.3, -0.25) is 14.1 Å². The Bertz CT molecular complexity index is 1240. The fourth-order valence-electron chi connectivity index (χ4n) is 3.07. The lowest BCUT2D eigenvalue weighted by Gasteiger charge is -2.17. The van der Waals surface area contributed by atoms with E-state index in [1.165, 1.54) is 16.6 Å². The number of carbonyl (C=O) groups is 1. The molecule has 0 aliphatic carbocycles. The molecule has 3 heterocycles. The van der Waals surface area contributed by atoms with Gasteiger partial charge in [0.05, 0.1) is 22.5 Å². The van der Waals surface area contributed by atoms with Crippen LogP contribution in [0.5, 0.6) is 11.5 Å². The van der Waals surface area contributed by atoms with E-state index in [0.29, 0.717) is 35.2 Å². The largest absolute Gasteiger partial charge is 0.456 e. The van der Waals surface area contributed by atoms with Gasteiger partial charge in [0.1, 0.15) is 17.3 Å². The first-order valence-electron chi connectivity index (χ1n) is 9.18. The minimum atomic E-state index is -3.44. The van der Waals surface area contributed by atoms with Crippen molar-refractivity contribution in [2.45, 2.75) is 6.42 Å². The minimum Gasteiger partial charge on any atom is -0.456 e. The fraction of sp³-hybridized carbons (Fsp3) is 0.150. The summed E-state index contributed by atoms with van der Waals surface area (Å²) in [6.45, 7) is 0.307. The molecule has 0 atom stereocenters. The number of benzene rings is 1. The van der Waals surface area contributed by atoms with Gasteiger partial charge in [0.25, 0.3) is 5.91 Å². The maximum absolute atomic E-state index is 12.9. The second-order valence-corrected chi connectivity index (χ2v) is 9.54. The summed E-state index contributed by atoms with van der Waals surface area (Å²) in [6.07, 6.45) is 4.92. The van der Waals surface area contributed by atoms with Crippen molar-refractivity contribution < 1.29 is 17.9 Å². The molecule has 0 saturated carbocycles. The molecule has 160 valence electrons. The molecule has 0 spiro atoms. The van der Waals surface area contributed by atoms with Crippen molar-refractivity contribution in [3.63, 3.8) is 0 Å². The average Bonchev–Trinajstić information content (AvgIpc) is 3.07. The SMILES string of the molecule is O=C(Nc1cc(Cl)cc(Oc2cccnc2)c1)c1cc(N2CCCS2(=O)=O)ncc1Cl. The Morgan fingerprint density at radius 1 is 1.13 bits per heavy atom. The summed E-state index contributed by atoms with van der Waals surface area (Å²) in [5.74, 6) is 0.566. The van der Waals surface area contributed by atoms with Gasteiger partial charge < -0.3 is 10.1 Å². The van der Waals surface area contributed by atoms with Crippen molar-refractivity contribution in [2.75, 3.05) is 21.9 Å². The highest BCUT2D eigenvalue weighted by Crippen LogP contribution is 2.30. The summed E-state index contributed by atoms with van der Waals surface area (Å²) in [7, 11) is -3.44. The van der Waals surface area contributed by atoms with Gasteiger partial charge in [0, 0.05) is 35.7 Å². The zero-order valence-corrected chi connectivity index (χ0v) is 18.3. The number of sulfonamides is 1. The molecular weight excluding hydrogens is 463 g/mol. The Morgan fingerprint density at radius 2 is 1.97 bits per heavy atom. The van der Waals surface area contributed by atoms with Crippen molar-refractivity contribution in [3.05, 3.63) is 70.6 Å². The van der Waals surface area contributed by atoms with E-state index in [2.05, 4.69) is 15.3 Å². The highest BCUT2D eigenvalue weighted by atomic mass is 35.5. The Hall–Kier alpha value is -2.88. The normalized spacial score (nSPS) is 15.0. The van der Waals surface area contributed by atoms with Crippen molar-refractivity contribution in [3.8, 4) is 11.5 Å². The molecule has 1 fully saturated rings. The van der Waals surface area contributed by atoms with Gasteiger partial charge in [-0.1, -0.05) is 23.2 Å². The summed E-state index contributed by atoms with van der Waals surface area (Å²) in [5, 5.41) is 3.14. The van der Waals surface area contributed by atoms with Gasteiger partial charge in [0.2, 0.25) is 10.0 Å². The number of amides is 1. The van der Waals surface area contributed by atoms with Gasteiger partial charge in [-0.15, -0.1) is 0 Å². The Balaban J connectivity index is 1.58. The van der Waals surface area contributed by atoms with Crippen molar-refractivity contribution in [1.29, 1.82) is 0 Å². The monoisotopic (exact) mass is 478 g/mol. The zero-order chi connectivity index (χ0) is 22.0. The fourth-order valence-corrected chi connectivity index (χ4v) is 4.99. The van der Waals surface area contributed by atoms with E-state index in [-0.39, 0.29) is 22.2 Å². The first-order chi connectivity index (χ1) is 14.8. The molecule has 1 aromatic carbocycles. The van der Waals surface area contributed by atoms with Crippen LogP contribution < -0.4 is 14.4 Å². The average molecular weight is 479 g/mol. The third-order valence-corrected chi connectivity index (χ3v) is 6.80. The van der Waals surface area contributed by atoms with Crippen molar-refractivity contribution >= 4 is 50.6 Å². The molecule has 2 aromatic heterocycles. The van der Waals surface area contributed by atoms with Crippen molar-refractivity contribution in [1.82, 2.24) is 9.97 Å². The molecule has 1 N–H and O–H groups in total. The van der Waals surface area contributed by atoms with E-state index in [1.54, 1.807) is 42.7 Å². The molecule has 3 aromatic rings. The molecule has 1 saturated heterocycles. The maximum Gasteiger partial charge on any atom is 0.257 e. The van der Waals surface area contributed by atoms with Gasteiger partial charge >= 0.3 is 0 Å². The zero-order valence-electron chi connectivity index (χ0n) is 16.0. The molecular formula is C20H16Cl2N4O4S. The predicted molar refractivity (Wildman–Crippen MR) is 119 cm³/mol. The number of anilines is 2. The first-order valence-corrected chi connectivity index (χ1v) is 11.5. The lowest BCUT2D eigenvalue weighted by Crippen LogP contribution is -2.26. The van der Waals surface area contributed by atoms with Crippen LogP contribution in [0.25, 0.3) is 0 Å². The highest BCUT2D eigenvalue weighted by Gasteiger charge is 2.30. The molecule has 1 aliphatic rings. The number of hydrogen-bond acceptors (Lipinski definition) is 6. The number of pyridine rings is 2. The third kappa shape index (κ3) is 4.90. The minimum absolute atomic E-state index is 0.0427. The number of halogens is 2. The molecule has 0 radical (unpaired) electrons. The highest BCUT2D eigenvalue weighted by molar-refractivity contribution is 7.93. The number of nitrogens with one attached hydrogen (secondary N) is 1. The summed E-state index contributed by atoms with van der Waals surface area (Å²) < 4.78 is 31.2. The second kappa shape index (κ2) is 8.70. The van der Waals surface area contributed by atoms with E-state index in [4.69, 9.17) is 27.9 Å². The molecule has 31 heavy (non-hydrogen) atoms. The van der Waals surface area contributed by atoms with Crippen LogP contribution in [0.15, 0.2) is 55.0 Å². The Kier molecular flexibility index (Phi) is 5.99. The number of carbonyl (C=O) groups excluding carboxylic acids is 1. The lowest BCUT2D eigenvalue weighted by atomic mass is 10.2. The lowest BCUT2D eigenvalue weighted by molar-refractivity contribution is 0.102. The molecule has 0 bridgehead atoms. The van der Waals surface area contributed by atoms with E-state index >= 15 is 0 Å². The number of aromatic nitrogens is 2. The van der Waals surface area contributed by atoms with Crippen LogP contribution in [-0.4, -0.2) is 36.6 Å². The second-order valence-electron chi connectivity index (χ2n) is 6.68. The van der Waals surface area contributed by atoms with E-state index < -0.39 is 15.9 Å². The van der Waals surface area contributed by atoms with E-state index in [1.807, 2.05) is 0 Å². The standard InChI is InChI=1S/C20H16Cl2N4O4S/c21-13-7-14(9-16(8-13)30-15-3-1-4-23-11-15)25-20(27)17-10-19(24-12-18(17)22)26-5-2-6-31(26,28)29/h1,3-4,7-12H,2,5-6H2,(H,25,27). The van der Waals surface area contributed by atoms with Crippen LogP contribution in [-0.2, 0) is 10.0 Å². The Labute approximate surface area is 188 Å². The molecule has 8 nitrogen and oxygen atoms in total. The van der Waals surface area contributed by atoms with E-state index in [9.17, 15) is 13.2 Å². The predicted octanol–water partition coefficient (Wildman–Crippen LogP) is 4.37. The summed E-state index contributed by atoms with van der Waals surface area (Å²) >= 11 is 12.3. The van der Waals surface area contributed by atoms with Gasteiger partial charge in [0.15, 0.2) is 0 Å². The molecule has 11 heteroatoms. The first kappa shape index (κ1) is 21.4. The van der Waals surface area contributed by atoms with Crippen LogP contribution in [0.4, 0.5) is 11.5 Å². The molecule has 4 rings (SSSR count). The summed E-state index contributed by atoms with van der Waals surface area (Å²) in [6, 6.07) is 9.56. The number of hydrogen-bond donors (Lipinski definition) is 1. The molecule has 1 amide bonds. The van der Waals surface area contributed by atoms with Crippen LogP contribution >= 0.6 is 23.2 Å². The van der Waals surface area contributed by atoms with Crippen LogP contribution in [0.2, 0.25) is 10.0 Å². The van der Waals surface area contributed by atoms with Gasteiger partial charge in [-0.25, -0.2) is 13.4 Å². The van der Waals surface area contributed by atoms with Crippen molar-refractivity contribution in [2.24, 2.45) is 0 Å². The summed E-state index contributed by atoms with van der Waals surface area (Å²) in [5.41, 5.74) is 0.461.